The summed E-state index contributed by atoms with van der Waals surface area (Å²) in [6.07, 6.45) is 2.72. The number of nitrogens with zero attached hydrogens (tertiary/aromatic N) is 3. The Hall–Kier alpha value is -4.51. The Bertz CT molecular complexity index is 1880. The van der Waals surface area contributed by atoms with Crippen LogP contribution >= 0.6 is 0 Å². The summed E-state index contributed by atoms with van der Waals surface area (Å²) >= 11 is 0. The first-order valence-corrected chi connectivity index (χ1v) is 17.0. The molecule has 2 saturated heterocycles. The van der Waals surface area contributed by atoms with Crippen molar-refractivity contribution in [2.75, 3.05) is 19.7 Å². The predicted molar refractivity (Wildman–Crippen MR) is 187 cm³/mol. The van der Waals surface area contributed by atoms with E-state index in [2.05, 4.69) is 63.5 Å². The van der Waals surface area contributed by atoms with Gasteiger partial charge in [0.05, 0.1) is 42.7 Å². The van der Waals surface area contributed by atoms with Gasteiger partial charge in [-0.25, -0.2) is 4.98 Å². The number of likely N-dealkylation sites (tertiary alicyclic amines) is 1. The Morgan fingerprint density at radius 3 is 2.43 bits per heavy atom. The van der Waals surface area contributed by atoms with E-state index in [1.165, 1.54) is 6.20 Å². The molecular formula is C40H42N4O5. The number of aliphatic hydroxyl groups is 2. The van der Waals surface area contributed by atoms with Gasteiger partial charge in [-0.05, 0) is 65.4 Å². The Morgan fingerprint density at radius 2 is 1.65 bits per heavy atom. The van der Waals surface area contributed by atoms with Crippen LogP contribution in [0.1, 0.15) is 64.9 Å². The molecule has 2 fully saturated rings. The van der Waals surface area contributed by atoms with Crippen molar-refractivity contribution in [3.05, 3.63) is 131 Å². The highest BCUT2D eigenvalue weighted by atomic mass is 16.7. The fourth-order valence-electron chi connectivity index (χ4n) is 6.93. The van der Waals surface area contributed by atoms with Crippen molar-refractivity contribution in [1.29, 1.82) is 0 Å². The molecular weight excluding hydrogens is 616 g/mol. The number of benzene rings is 4. The zero-order chi connectivity index (χ0) is 33.7. The summed E-state index contributed by atoms with van der Waals surface area (Å²) in [5, 5.41) is 22.5. The first-order chi connectivity index (χ1) is 24.0. The monoisotopic (exact) mass is 658 g/mol. The molecule has 2 aliphatic heterocycles. The third-order valence-electron chi connectivity index (χ3n) is 9.83. The maximum atomic E-state index is 12.9. The van der Waals surface area contributed by atoms with E-state index < -0.39 is 6.29 Å². The summed E-state index contributed by atoms with van der Waals surface area (Å²) in [6.45, 7) is 4.36. The van der Waals surface area contributed by atoms with Crippen molar-refractivity contribution in [2.24, 2.45) is 5.92 Å². The fraction of sp³-hybridized carbons (Fsp3) is 0.325. The molecule has 0 saturated carbocycles. The van der Waals surface area contributed by atoms with Gasteiger partial charge in [0.2, 0.25) is 0 Å². The summed E-state index contributed by atoms with van der Waals surface area (Å²) in [6, 6.07) is 32.0. The lowest BCUT2D eigenvalue weighted by molar-refractivity contribution is -0.276. The van der Waals surface area contributed by atoms with E-state index in [0.29, 0.717) is 12.1 Å². The van der Waals surface area contributed by atoms with Crippen molar-refractivity contribution in [1.82, 2.24) is 20.2 Å². The molecule has 5 unspecified atom stereocenters. The van der Waals surface area contributed by atoms with Gasteiger partial charge in [-0.3, -0.25) is 14.7 Å². The number of hydrogen-bond acceptors (Lipinski definition) is 8. The minimum Gasteiger partial charge on any atom is -0.395 e. The zero-order valence-corrected chi connectivity index (χ0v) is 27.6. The van der Waals surface area contributed by atoms with Crippen LogP contribution in [-0.4, -0.2) is 62.8 Å². The average Bonchev–Trinajstić information content (AvgIpc) is 3.61. The summed E-state index contributed by atoms with van der Waals surface area (Å²) in [7, 11) is 0. The molecule has 5 aromatic rings. The first-order valence-electron chi connectivity index (χ1n) is 17.0. The molecule has 2 aliphatic rings. The second-order valence-corrected chi connectivity index (χ2v) is 13.0. The van der Waals surface area contributed by atoms with Crippen molar-refractivity contribution < 1.29 is 24.5 Å². The molecule has 4 aromatic carbocycles. The van der Waals surface area contributed by atoms with Crippen LogP contribution in [0.5, 0.6) is 0 Å². The number of amides is 1. The maximum Gasteiger partial charge on any atom is 0.271 e. The highest BCUT2D eigenvalue weighted by Gasteiger charge is 2.40. The first kappa shape index (κ1) is 33.0. The molecule has 0 radical (unpaired) electrons. The molecule has 3 N–H and O–H groups in total. The number of aliphatic hydroxyl groups excluding tert-OH is 2. The highest BCUT2D eigenvalue weighted by Crippen LogP contribution is 2.42. The van der Waals surface area contributed by atoms with Crippen molar-refractivity contribution in [2.45, 2.75) is 57.5 Å². The van der Waals surface area contributed by atoms with Crippen LogP contribution in [-0.2, 0) is 22.6 Å². The van der Waals surface area contributed by atoms with Gasteiger partial charge in [0, 0.05) is 30.6 Å². The summed E-state index contributed by atoms with van der Waals surface area (Å²) in [5.41, 5.74) is 7.60. The average molecular weight is 659 g/mol. The number of para-hydroxylation sites is 2. The lowest BCUT2D eigenvalue weighted by Crippen LogP contribution is -2.46. The number of rotatable bonds is 10. The molecule has 252 valence electrons. The Morgan fingerprint density at radius 1 is 0.878 bits per heavy atom. The van der Waals surface area contributed by atoms with Gasteiger partial charge in [-0.15, -0.1) is 0 Å². The molecule has 5 atom stereocenters. The van der Waals surface area contributed by atoms with Gasteiger partial charge in [0.1, 0.15) is 5.69 Å². The van der Waals surface area contributed by atoms with E-state index >= 15 is 0 Å². The second-order valence-electron chi connectivity index (χ2n) is 13.0. The summed E-state index contributed by atoms with van der Waals surface area (Å²) in [4.78, 5) is 24.0. The van der Waals surface area contributed by atoms with Gasteiger partial charge in [0.25, 0.3) is 5.91 Å². The fourth-order valence-corrected chi connectivity index (χ4v) is 6.93. The Balaban J connectivity index is 1.06. The van der Waals surface area contributed by atoms with E-state index in [-0.39, 0.29) is 49.0 Å². The lowest BCUT2D eigenvalue weighted by Gasteiger charge is -2.43. The summed E-state index contributed by atoms with van der Waals surface area (Å²) < 4.78 is 13.3. The maximum absolute atomic E-state index is 12.9. The second kappa shape index (κ2) is 14.9. The van der Waals surface area contributed by atoms with E-state index in [4.69, 9.17) is 9.47 Å². The van der Waals surface area contributed by atoms with E-state index in [9.17, 15) is 15.0 Å². The normalized spacial score (nSPS) is 22.7. The quantitative estimate of drug-likeness (QED) is 0.168. The molecule has 1 amide bonds. The standard InChI is InChI=1S/C40H42N4O5/c1-26-37(23-44-19-5-8-33(44)25-46)48-40(49-38(26)30-13-11-27(24-45)12-14-30)31-17-15-29(16-18-31)32-7-4-6-28(20-32)21-42-39(47)36-22-41-34-9-2-3-10-35(34)43-36/h2-4,6-7,9-18,20,22,26,33,37-38,40,45-46H,5,8,19,21,23-25H2,1H3,(H,42,47). The molecule has 7 rings (SSSR count). The van der Waals surface area contributed by atoms with Gasteiger partial charge in [0.15, 0.2) is 6.29 Å². The minimum absolute atomic E-state index is 0.00235. The van der Waals surface area contributed by atoms with Crippen LogP contribution in [0, 0.1) is 5.92 Å². The van der Waals surface area contributed by atoms with Gasteiger partial charge >= 0.3 is 0 Å². The molecule has 9 heteroatoms. The van der Waals surface area contributed by atoms with Crippen molar-refractivity contribution in [3.63, 3.8) is 0 Å². The number of hydrogen-bond donors (Lipinski definition) is 3. The van der Waals surface area contributed by atoms with Gasteiger partial charge in [-0.1, -0.05) is 85.8 Å². The summed E-state index contributed by atoms with van der Waals surface area (Å²) in [5.74, 6) is -0.195. The highest BCUT2D eigenvalue weighted by molar-refractivity contribution is 5.93. The van der Waals surface area contributed by atoms with Gasteiger partial charge < -0.3 is 25.0 Å². The van der Waals surface area contributed by atoms with Crippen LogP contribution in [0.4, 0.5) is 0 Å². The molecule has 0 aliphatic carbocycles. The SMILES string of the molecule is CC1C(CN2CCCC2CO)OC(c2ccc(-c3cccc(CNC(=O)c4cnc5ccccc5n4)c3)cc2)OC1c1ccc(CO)cc1. The van der Waals surface area contributed by atoms with Crippen LogP contribution in [0.15, 0.2) is 103 Å². The zero-order valence-electron chi connectivity index (χ0n) is 27.6. The minimum atomic E-state index is -0.562. The number of aromatic nitrogens is 2. The Labute approximate surface area is 286 Å². The molecule has 0 spiro atoms. The number of carbonyl (C=O) groups is 1. The smallest absolute Gasteiger partial charge is 0.271 e. The van der Waals surface area contributed by atoms with E-state index in [1.807, 2.05) is 60.7 Å². The van der Waals surface area contributed by atoms with Crippen molar-refractivity contribution in [3.8, 4) is 11.1 Å². The molecule has 1 aromatic heterocycles. The molecule has 49 heavy (non-hydrogen) atoms. The predicted octanol–water partition coefficient (Wildman–Crippen LogP) is 5.97. The number of nitrogens with one attached hydrogen (secondary N) is 1. The lowest BCUT2D eigenvalue weighted by atomic mass is 9.89. The molecule has 9 nitrogen and oxygen atoms in total. The number of fused-ring (bicyclic) bond motifs is 1. The molecule has 0 bridgehead atoms. The topological polar surface area (TPSA) is 117 Å². The molecule has 3 heterocycles. The number of ether oxygens (including phenoxy) is 2. The third-order valence-corrected chi connectivity index (χ3v) is 9.83. The largest absolute Gasteiger partial charge is 0.395 e. The van der Waals surface area contributed by atoms with Crippen LogP contribution in [0.3, 0.4) is 0 Å². The van der Waals surface area contributed by atoms with Crippen LogP contribution < -0.4 is 5.32 Å². The van der Waals surface area contributed by atoms with E-state index in [1.54, 1.807) is 0 Å². The van der Waals surface area contributed by atoms with Crippen molar-refractivity contribution >= 4 is 16.9 Å². The number of carbonyl (C=O) groups excluding carboxylic acids is 1. The van der Waals surface area contributed by atoms with E-state index in [0.717, 1.165) is 64.8 Å². The third kappa shape index (κ3) is 7.41. The van der Waals surface area contributed by atoms with Gasteiger partial charge in [-0.2, -0.15) is 0 Å². The Kier molecular flexibility index (Phi) is 10.1. The van der Waals surface area contributed by atoms with Crippen LogP contribution in [0.2, 0.25) is 0 Å². The van der Waals surface area contributed by atoms with Crippen LogP contribution in [0.25, 0.3) is 22.2 Å².